The standard InChI is InChI=1S/C12H11BrN2O3/c1-2-17-12(16)11-14-10(18-15-11)7-8-5-3-4-6-9(8)13/h3-6H,2,7H2,1H3. The maximum absolute atomic E-state index is 11.4. The van der Waals surface area contributed by atoms with E-state index in [1.807, 2.05) is 24.3 Å². The highest BCUT2D eigenvalue weighted by Crippen LogP contribution is 2.18. The molecule has 0 radical (unpaired) electrons. The Hall–Kier alpha value is -1.69. The molecule has 0 bridgehead atoms. The zero-order valence-electron chi connectivity index (χ0n) is 9.72. The molecule has 5 nitrogen and oxygen atoms in total. The first kappa shape index (κ1) is 12.8. The topological polar surface area (TPSA) is 65.2 Å². The van der Waals surface area contributed by atoms with Gasteiger partial charge in [0.1, 0.15) is 0 Å². The average molecular weight is 311 g/mol. The van der Waals surface area contributed by atoms with Crippen molar-refractivity contribution in [2.75, 3.05) is 6.61 Å². The second-order valence-electron chi connectivity index (χ2n) is 3.50. The smallest absolute Gasteiger partial charge is 0.379 e. The van der Waals surface area contributed by atoms with E-state index in [4.69, 9.17) is 9.26 Å². The number of halogens is 1. The predicted octanol–water partition coefficient (Wildman–Crippen LogP) is 2.60. The maximum Gasteiger partial charge on any atom is 0.379 e. The van der Waals surface area contributed by atoms with E-state index in [2.05, 4.69) is 26.1 Å². The lowest BCUT2D eigenvalue weighted by Gasteiger charge is -1.99. The van der Waals surface area contributed by atoms with Gasteiger partial charge in [0.25, 0.3) is 5.82 Å². The maximum atomic E-state index is 11.4. The number of esters is 1. The molecule has 0 aliphatic carbocycles. The summed E-state index contributed by atoms with van der Waals surface area (Å²) >= 11 is 3.43. The Bertz CT molecular complexity index is 554. The predicted molar refractivity (Wildman–Crippen MR) is 67.2 cm³/mol. The number of hydrogen-bond acceptors (Lipinski definition) is 5. The molecule has 6 heteroatoms. The fourth-order valence-corrected chi connectivity index (χ4v) is 1.83. The van der Waals surface area contributed by atoms with E-state index in [-0.39, 0.29) is 12.4 Å². The highest BCUT2D eigenvalue weighted by molar-refractivity contribution is 9.10. The lowest BCUT2D eigenvalue weighted by Crippen LogP contribution is -2.06. The Balaban J connectivity index is 2.12. The summed E-state index contributed by atoms with van der Waals surface area (Å²) < 4.78 is 10.7. The first-order chi connectivity index (χ1) is 8.70. The van der Waals surface area contributed by atoms with Gasteiger partial charge >= 0.3 is 5.97 Å². The molecule has 0 atom stereocenters. The van der Waals surface area contributed by atoms with E-state index in [9.17, 15) is 4.79 Å². The summed E-state index contributed by atoms with van der Waals surface area (Å²) in [6.07, 6.45) is 0.466. The van der Waals surface area contributed by atoms with E-state index >= 15 is 0 Å². The van der Waals surface area contributed by atoms with Gasteiger partial charge in [0, 0.05) is 4.47 Å². The van der Waals surface area contributed by atoms with Gasteiger partial charge in [-0.3, -0.25) is 0 Å². The molecule has 0 aliphatic heterocycles. The third-order valence-electron chi connectivity index (χ3n) is 2.23. The molecule has 0 fully saturated rings. The van der Waals surface area contributed by atoms with Crippen LogP contribution in [0.1, 0.15) is 29.0 Å². The number of rotatable bonds is 4. The Morgan fingerprint density at radius 3 is 2.94 bits per heavy atom. The molecule has 94 valence electrons. The van der Waals surface area contributed by atoms with Gasteiger partial charge in [-0.05, 0) is 23.7 Å². The molecule has 0 saturated heterocycles. The highest BCUT2D eigenvalue weighted by atomic mass is 79.9. The van der Waals surface area contributed by atoms with Gasteiger partial charge in [0.05, 0.1) is 13.0 Å². The lowest BCUT2D eigenvalue weighted by atomic mass is 10.1. The molecular formula is C12H11BrN2O3. The van der Waals surface area contributed by atoms with Gasteiger partial charge in [-0.25, -0.2) is 4.79 Å². The van der Waals surface area contributed by atoms with Crippen molar-refractivity contribution in [3.05, 3.63) is 46.0 Å². The largest absolute Gasteiger partial charge is 0.460 e. The van der Waals surface area contributed by atoms with E-state index in [0.717, 1.165) is 10.0 Å². The van der Waals surface area contributed by atoms with Crippen LogP contribution in [0.4, 0.5) is 0 Å². The van der Waals surface area contributed by atoms with Gasteiger partial charge in [0.2, 0.25) is 5.89 Å². The summed E-state index contributed by atoms with van der Waals surface area (Å²) in [4.78, 5) is 15.4. The van der Waals surface area contributed by atoms with Crippen LogP contribution in [0.5, 0.6) is 0 Å². The Morgan fingerprint density at radius 1 is 1.44 bits per heavy atom. The first-order valence-electron chi connectivity index (χ1n) is 5.43. The van der Waals surface area contributed by atoms with Crippen LogP contribution in [0.3, 0.4) is 0 Å². The molecular weight excluding hydrogens is 300 g/mol. The number of ether oxygens (including phenoxy) is 1. The van der Waals surface area contributed by atoms with Crippen molar-refractivity contribution in [1.82, 2.24) is 10.1 Å². The quantitative estimate of drug-likeness (QED) is 0.812. The first-order valence-corrected chi connectivity index (χ1v) is 6.23. The normalized spacial score (nSPS) is 10.3. The molecule has 0 unspecified atom stereocenters. The summed E-state index contributed by atoms with van der Waals surface area (Å²) in [6, 6.07) is 7.71. The van der Waals surface area contributed by atoms with Gasteiger partial charge in [-0.2, -0.15) is 4.98 Å². The third-order valence-corrected chi connectivity index (χ3v) is 3.00. The van der Waals surface area contributed by atoms with E-state index in [1.165, 1.54) is 0 Å². The Morgan fingerprint density at radius 2 is 2.22 bits per heavy atom. The molecule has 0 saturated carbocycles. The van der Waals surface area contributed by atoms with Crippen LogP contribution in [0.2, 0.25) is 0 Å². The van der Waals surface area contributed by atoms with Crippen molar-refractivity contribution >= 4 is 21.9 Å². The summed E-state index contributed by atoms with van der Waals surface area (Å²) in [5.41, 5.74) is 1.01. The van der Waals surface area contributed by atoms with Crippen LogP contribution in [0.25, 0.3) is 0 Å². The number of hydrogen-bond donors (Lipinski definition) is 0. The van der Waals surface area contributed by atoms with Crippen LogP contribution in [0, 0.1) is 0 Å². The third kappa shape index (κ3) is 2.95. The molecule has 0 aliphatic rings. The Kier molecular flexibility index (Phi) is 4.09. The number of nitrogens with zero attached hydrogens (tertiary/aromatic N) is 2. The van der Waals surface area contributed by atoms with Crippen LogP contribution in [0.15, 0.2) is 33.3 Å². The molecule has 1 heterocycles. The van der Waals surface area contributed by atoms with Crippen molar-refractivity contribution in [1.29, 1.82) is 0 Å². The second-order valence-corrected chi connectivity index (χ2v) is 4.35. The van der Waals surface area contributed by atoms with E-state index in [1.54, 1.807) is 6.92 Å². The average Bonchev–Trinajstić information content (AvgIpc) is 2.81. The monoisotopic (exact) mass is 310 g/mol. The van der Waals surface area contributed by atoms with Crippen molar-refractivity contribution in [2.45, 2.75) is 13.3 Å². The van der Waals surface area contributed by atoms with Crippen molar-refractivity contribution in [3.8, 4) is 0 Å². The zero-order chi connectivity index (χ0) is 13.0. The zero-order valence-corrected chi connectivity index (χ0v) is 11.3. The summed E-state index contributed by atoms with van der Waals surface area (Å²) in [5.74, 6) is -0.233. The van der Waals surface area contributed by atoms with Crippen LogP contribution >= 0.6 is 15.9 Å². The highest BCUT2D eigenvalue weighted by Gasteiger charge is 2.16. The minimum Gasteiger partial charge on any atom is -0.460 e. The van der Waals surface area contributed by atoms with Crippen LogP contribution in [-0.2, 0) is 11.2 Å². The molecule has 0 N–H and O–H groups in total. The van der Waals surface area contributed by atoms with Crippen molar-refractivity contribution < 1.29 is 14.1 Å². The minimum absolute atomic E-state index is 0.0427. The summed E-state index contributed by atoms with van der Waals surface area (Å²) in [5, 5.41) is 3.58. The fraction of sp³-hybridized carbons (Fsp3) is 0.250. The van der Waals surface area contributed by atoms with Gasteiger partial charge < -0.3 is 9.26 Å². The van der Waals surface area contributed by atoms with Crippen LogP contribution in [-0.4, -0.2) is 22.7 Å². The second kappa shape index (κ2) is 5.77. The van der Waals surface area contributed by atoms with Crippen molar-refractivity contribution in [2.24, 2.45) is 0 Å². The van der Waals surface area contributed by atoms with Gasteiger partial charge in [-0.1, -0.05) is 34.1 Å². The molecule has 2 aromatic rings. The van der Waals surface area contributed by atoms with Crippen molar-refractivity contribution in [3.63, 3.8) is 0 Å². The number of carbonyl (C=O) groups excluding carboxylic acids is 1. The van der Waals surface area contributed by atoms with E-state index < -0.39 is 5.97 Å². The van der Waals surface area contributed by atoms with Crippen LogP contribution < -0.4 is 0 Å². The van der Waals surface area contributed by atoms with Gasteiger partial charge in [-0.15, -0.1) is 0 Å². The summed E-state index contributed by atoms with van der Waals surface area (Å²) in [6.45, 7) is 2.01. The van der Waals surface area contributed by atoms with Gasteiger partial charge in [0.15, 0.2) is 0 Å². The van der Waals surface area contributed by atoms with E-state index in [0.29, 0.717) is 12.3 Å². The number of carbonyl (C=O) groups is 1. The SMILES string of the molecule is CCOC(=O)c1noc(Cc2ccccc2Br)n1. The molecule has 18 heavy (non-hydrogen) atoms. The Labute approximate surface area is 112 Å². The lowest BCUT2D eigenvalue weighted by molar-refractivity contribution is 0.0508. The minimum atomic E-state index is -0.570. The summed E-state index contributed by atoms with van der Waals surface area (Å²) in [7, 11) is 0. The molecule has 0 spiro atoms. The molecule has 1 aromatic heterocycles. The molecule has 0 amide bonds. The fourth-order valence-electron chi connectivity index (χ4n) is 1.41. The molecule has 2 rings (SSSR count). The molecule has 1 aromatic carbocycles. The number of aromatic nitrogens is 2. The number of benzene rings is 1.